The number of hydrogen-bond acceptors (Lipinski definition) is 6. The molecule has 1 aromatic rings. The monoisotopic (exact) mass is 438 g/mol. The molecule has 0 radical (unpaired) electrons. The van der Waals surface area contributed by atoms with Crippen LogP contribution in [-0.2, 0) is 24.3 Å². The van der Waals surface area contributed by atoms with Crippen molar-refractivity contribution in [2.24, 2.45) is 5.41 Å². The average molecular weight is 439 g/mol. The van der Waals surface area contributed by atoms with Crippen LogP contribution >= 0.6 is 0 Å². The molecule has 1 aromatic carbocycles. The van der Waals surface area contributed by atoms with Gasteiger partial charge < -0.3 is 9.84 Å². The first-order valence-corrected chi connectivity index (χ1v) is 11.8. The van der Waals surface area contributed by atoms with E-state index in [4.69, 9.17) is 14.6 Å². The Labute approximate surface area is 177 Å². The fourth-order valence-corrected chi connectivity index (χ4v) is 6.23. The second-order valence-electron chi connectivity index (χ2n) is 8.35. The molecule has 1 spiro atoms. The predicted octanol–water partition coefficient (Wildman–Crippen LogP) is 1.88. The molecule has 9 heteroatoms. The van der Waals surface area contributed by atoms with Crippen molar-refractivity contribution in [2.45, 2.75) is 50.0 Å². The molecule has 3 heterocycles. The highest BCUT2D eigenvalue weighted by Crippen LogP contribution is 2.44. The summed E-state index contributed by atoms with van der Waals surface area (Å²) < 4.78 is 33.1. The number of aryl methyl sites for hydroxylation is 1. The highest BCUT2D eigenvalue weighted by molar-refractivity contribution is 7.89. The Bertz CT molecular complexity index is 858. The molecule has 3 aliphatic rings. The number of nitrogens with zero attached hydrogens (tertiary/aromatic N) is 2. The van der Waals surface area contributed by atoms with Crippen molar-refractivity contribution < 1.29 is 27.9 Å². The van der Waals surface area contributed by atoms with Gasteiger partial charge in [-0.3, -0.25) is 14.5 Å². The Balaban J connectivity index is 0.000000806. The number of sulfonamides is 1. The van der Waals surface area contributed by atoms with Gasteiger partial charge in [-0.05, 0) is 63.4 Å². The lowest BCUT2D eigenvalue weighted by molar-refractivity contribution is -0.150. The number of carboxylic acid groups (broad SMARTS) is 1. The highest BCUT2D eigenvalue weighted by atomic mass is 32.2. The molecule has 166 valence electrons. The lowest BCUT2D eigenvalue weighted by atomic mass is 9.76. The van der Waals surface area contributed by atoms with E-state index < -0.39 is 15.4 Å². The van der Waals surface area contributed by atoms with E-state index in [0.29, 0.717) is 30.8 Å². The van der Waals surface area contributed by atoms with Crippen LogP contribution in [0.25, 0.3) is 0 Å². The van der Waals surface area contributed by atoms with Gasteiger partial charge in [0.1, 0.15) is 6.10 Å². The van der Waals surface area contributed by atoms with Gasteiger partial charge in [0.2, 0.25) is 10.0 Å². The second kappa shape index (κ2) is 9.45. The summed E-state index contributed by atoms with van der Waals surface area (Å²) in [5.74, 6) is -0.126. The molecule has 1 atom stereocenters. The molecular weight excluding hydrogens is 408 g/mol. The van der Waals surface area contributed by atoms with Crippen LogP contribution in [0.3, 0.4) is 0 Å². The number of carbonyl (C=O) groups is 2. The molecule has 4 rings (SSSR count). The van der Waals surface area contributed by atoms with E-state index in [1.807, 2.05) is 13.0 Å². The zero-order valence-electron chi connectivity index (χ0n) is 17.3. The van der Waals surface area contributed by atoms with E-state index in [2.05, 4.69) is 4.90 Å². The molecule has 0 aliphatic carbocycles. The summed E-state index contributed by atoms with van der Waals surface area (Å²) >= 11 is 0. The minimum Gasteiger partial charge on any atom is -0.483 e. The molecule has 0 saturated carbocycles. The summed E-state index contributed by atoms with van der Waals surface area (Å²) in [4.78, 5) is 23.7. The number of hydrogen-bond donors (Lipinski definition) is 1. The fraction of sp³-hybridized carbons (Fsp3) is 0.619. The molecule has 3 aliphatic heterocycles. The lowest BCUT2D eigenvalue weighted by Crippen LogP contribution is -2.45. The zero-order chi connectivity index (χ0) is 21.8. The SMILES string of the molecule is Cc1cccc(S(=O)(=O)N2CCC3(CC2)CC(CN2CCCC2)OC3=O)c1.O=CO. The number of rotatable bonds is 4. The predicted molar refractivity (Wildman–Crippen MR) is 110 cm³/mol. The normalized spacial score (nSPS) is 24.3. The number of likely N-dealkylation sites (tertiary alicyclic amines) is 1. The summed E-state index contributed by atoms with van der Waals surface area (Å²) in [6, 6.07) is 7.00. The van der Waals surface area contributed by atoms with Gasteiger partial charge in [0.15, 0.2) is 0 Å². The van der Waals surface area contributed by atoms with Gasteiger partial charge in [-0.25, -0.2) is 8.42 Å². The van der Waals surface area contributed by atoms with Gasteiger partial charge in [-0.2, -0.15) is 4.31 Å². The van der Waals surface area contributed by atoms with Gasteiger partial charge in [0.25, 0.3) is 6.47 Å². The van der Waals surface area contributed by atoms with Crippen LogP contribution in [0.1, 0.15) is 37.7 Å². The molecule has 3 saturated heterocycles. The topological polar surface area (TPSA) is 104 Å². The summed E-state index contributed by atoms with van der Waals surface area (Å²) in [7, 11) is -3.51. The van der Waals surface area contributed by atoms with Crippen molar-refractivity contribution in [1.82, 2.24) is 9.21 Å². The Kier molecular flexibility index (Phi) is 7.15. The van der Waals surface area contributed by atoms with Crippen molar-refractivity contribution in [3.8, 4) is 0 Å². The summed E-state index contributed by atoms with van der Waals surface area (Å²) in [6.45, 7) is 5.38. The van der Waals surface area contributed by atoms with E-state index in [9.17, 15) is 13.2 Å². The Hall–Kier alpha value is -1.97. The Morgan fingerprint density at radius 2 is 1.83 bits per heavy atom. The maximum Gasteiger partial charge on any atom is 0.312 e. The Morgan fingerprint density at radius 3 is 2.43 bits per heavy atom. The van der Waals surface area contributed by atoms with Crippen LogP contribution in [0.5, 0.6) is 0 Å². The van der Waals surface area contributed by atoms with E-state index in [0.717, 1.165) is 31.6 Å². The number of ether oxygens (including phenoxy) is 1. The number of esters is 1. The van der Waals surface area contributed by atoms with Crippen molar-refractivity contribution in [1.29, 1.82) is 0 Å². The third kappa shape index (κ3) is 4.84. The van der Waals surface area contributed by atoms with Crippen LogP contribution in [0.15, 0.2) is 29.2 Å². The molecule has 3 fully saturated rings. The molecule has 0 aromatic heterocycles. The van der Waals surface area contributed by atoms with Gasteiger partial charge in [0, 0.05) is 26.1 Å². The van der Waals surface area contributed by atoms with Gasteiger partial charge >= 0.3 is 5.97 Å². The van der Waals surface area contributed by atoms with Crippen LogP contribution in [0, 0.1) is 12.3 Å². The molecule has 0 bridgehead atoms. The minimum atomic E-state index is -3.51. The number of carbonyl (C=O) groups excluding carboxylic acids is 1. The van der Waals surface area contributed by atoms with Gasteiger partial charge in [-0.15, -0.1) is 0 Å². The van der Waals surface area contributed by atoms with Crippen molar-refractivity contribution in [3.63, 3.8) is 0 Å². The van der Waals surface area contributed by atoms with Crippen molar-refractivity contribution in [2.75, 3.05) is 32.7 Å². The highest BCUT2D eigenvalue weighted by Gasteiger charge is 2.51. The molecule has 0 amide bonds. The summed E-state index contributed by atoms with van der Waals surface area (Å²) in [5, 5.41) is 6.89. The van der Waals surface area contributed by atoms with E-state index in [1.165, 1.54) is 17.1 Å². The van der Waals surface area contributed by atoms with Gasteiger partial charge in [0.05, 0.1) is 10.3 Å². The molecule has 8 nitrogen and oxygen atoms in total. The summed E-state index contributed by atoms with van der Waals surface area (Å²) in [5.41, 5.74) is 0.428. The lowest BCUT2D eigenvalue weighted by Gasteiger charge is -2.35. The minimum absolute atomic E-state index is 0.0458. The standard InChI is InChI=1S/C20H28N2O4S.CH2O2/c1-16-5-4-6-18(13-16)27(24,25)22-11-7-20(8-12-22)14-17(26-19(20)23)15-21-9-2-3-10-21;2-1-3/h4-6,13,17H,2-3,7-12,14-15H2,1H3;1H,(H,2,3). The number of cyclic esters (lactones) is 1. The largest absolute Gasteiger partial charge is 0.483 e. The van der Waals surface area contributed by atoms with E-state index in [1.54, 1.807) is 18.2 Å². The van der Waals surface area contributed by atoms with E-state index >= 15 is 0 Å². The number of benzene rings is 1. The molecule has 1 unspecified atom stereocenters. The second-order valence-corrected chi connectivity index (χ2v) is 10.3. The van der Waals surface area contributed by atoms with Crippen molar-refractivity contribution in [3.05, 3.63) is 29.8 Å². The third-order valence-corrected chi connectivity index (χ3v) is 8.19. The third-order valence-electron chi connectivity index (χ3n) is 6.29. The first-order chi connectivity index (χ1) is 14.3. The maximum atomic E-state index is 12.9. The van der Waals surface area contributed by atoms with Crippen LogP contribution in [-0.4, -0.2) is 74.0 Å². The van der Waals surface area contributed by atoms with Crippen LogP contribution in [0.4, 0.5) is 0 Å². The Morgan fingerprint density at radius 1 is 1.20 bits per heavy atom. The quantitative estimate of drug-likeness (QED) is 0.565. The fourth-order valence-electron chi connectivity index (χ4n) is 4.68. The van der Waals surface area contributed by atoms with Crippen LogP contribution in [0.2, 0.25) is 0 Å². The van der Waals surface area contributed by atoms with Crippen molar-refractivity contribution >= 4 is 22.5 Å². The molecule has 1 N–H and O–H groups in total. The summed E-state index contributed by atoms with van der Waals surface area (Å²) in [6.07, 6.45) is 4.21. The smallest absolute Gasteiger partial charge is 0.312 e. The molecule has 30 heavy (non-hydrogen) atoms. The van der Waals surface area contributed by atoms with E-state index in [-0.39, 0.29) is 18.5 Å². The van der Waals surface area contributed by atoms with Crippen LogP contribution < -0.4 is 0 Å². The van der Waals surface area contributed by atoms with Gasteiger partial charge in [-0.1, -0.05) is 12.1 Å². The first kappa shape index (κ1) is 22.7. The molecular formula is C21H30N2O6S. The number of piperidine rings is 1. The first-order valence-electron chi connectivity index (χ1n) is 10.4. The zero-order valence-corrected chi connectivity index (χ0v) is 18.1. The average Bonchev–Trinajstić information content (AvgIpc) is 3.31. The maximum absolute atomic E-state index is 12.9.